The lowest BCUT2D eigenvalue weighted by atomic mass is 11.3. The molecule has 0 aromatic heterocycles. The van der Waals surface area contributed by atoms with Gasteiger partial charge in [-0.1, -0.05) is 0 Å². The molecule has 0 aliphatic carbocycles. The molecule has 0 saturated heterocycles. The van der Waals surface area contributed by atoms with Crippen molar-refractivity contribution in [1.29, 1.82) is 0 Å². The van der Waals surface area contributed by atoms with Crippen molar-refractivity contribution in [2.45, 2.75) is 0 Å². The van der Waals surface area contributed by atoms with E-state index >= 15 is 0 Å². The van der Waals surface area contributed by atoms with Crippen molar-refractivity contribution >= 4 is 15.5 Å². The van der Waals surface area contributed by atoms with Crippen LogP contribution in [0, 0.1) is 0 Å². The highest BCUT2D eigenvalue weighted by molar-refractivity contribution is 7.15. The summed E-state index contributed by atoms with van der Waals surface area (Å²) in [6, 6.07) is 0. The summed E-state index contributed by atoms with van der Waals surface area (Å²) in [4.78, 5) is 9.24. The molecule has 4 heteroatoms. The molecule has 0 aromatic rings. The van der Waals surface area contributed by atoms with Crippen LogP contribution in [-0.2, 0) is 0 Å². The molecule has 5 heavy (non-hydrogen) atoms. The summed E-state index contributed by atoms with van der Waals surface area (Å²) in [5.41, 5.74) is 0. The Hall–Kier alpha value is -0.300. The lowest BCUT2D eigenvalue weighted by Gasteiger charge is -1.78. The minimum absolute atomic E-state index is 1.03. The van der Waals surface area contributed by atoms with Crippen LogP contribution in [0.15, 0.2) is 0 Å². The molecule has 0 saturated carbocycles. The molecule has 3 nitrogen and oxygen atoms in total. The molecular formula is CH4NO2P. The number of nitrogens with one attached hydrogen (secondary N) is 1. The van der Waals surface area contributed by atoms with E-state index in [1.54, 1.807) is 0 Å². The van der Waals surface area contributed by atoms with E-state index in [1.807, 2.05) is 14.5 Å². The van der Waals surface area contributed by atoms with Gasteiger partial charge in [0.05, 0.1) is 0 Å². The van der Waals surface area contributed by atoms with Crippen molar-refractivity contribution in [2.24, 2.45) is 0 Å². The van der Waals surface area contributed by atoms with Crippen molar-refractivity contribution in [3.8, 4) is 0 Å². The van der Waals surface area contributed by atoms with Gasteiger partial charge >= 0.3 is 6.09 Å². The molecule has 30 valence electrons. The lowest BCUT2D eigenvalue weighted by molar-refractivity contribution is 0.202. The average molecular weight is 93.0 g/mol. The fraction of sp³-hybridized carbons (Fsp3) is 0. The second-order valence-corrected chi connectivity index (χ2v) is 0.738. The number of amides is 1. The zero-order chi connectivity index (χ0) is 4.28. The Morgan fingerprint density at radius 1 is 2.00 bits per heavy atom. The molecule has 0 spiro atoms. The van der Waals surface area contributed by atoms with E-state index in [1.165, 1.54) is 0 Å². The molecule has 0 aliphatic heterocycles. The van der Waals surface area contributed by atoms with E-state index < -0.39 is 6.09 Å². The Kier molecular flexibility index (Phi) is 1.85. The normalized spacial score (nSPS) is 6.60. The standard InChI is InChI=1S/CH4NO2P/c3-1(4)2-5/h2H,5H2,(H,3,4). The maximum Gasteiger partial charge on any atom is 0.407 e. The third-order valence-electron chi connectivity index (χ3n) is 0.123. The highest BCUT2D eigenvalue weighted by Gasteiger charge is 1.77. The number of hydrogen-bond acceptors (Lipinski definition) is 1. The third-order valence-corrected chi connectivity index (χ3v) is 0.370. The molecule has 0 fully saturated rings. The first-order chi connectivity index (χ1) is 2.27. The minimum Gasteiger partial charge on any atom is -0.465 e. The highest BCUT2D eigenvalue weighted by atomic mass is 31.0. The number of hydrogen-bond donors (Lipinski definition) is 2. The van der Waals surface area contributed by atoms with Crippen molar-refractivity contribution in [3.05, 3.63) is 0 Å². The smallest absolute Gasteiger partial charge is 0.407 e. The van der Waals surface area contributed by atoms with Crippen LogP contribution >= 0.6 is 9.39 Å². The van der Waals surface area contributed by atoms with Gasteiger partial charge in [0.15, 0.2) is 0 Å². The van der Waals surface area contributed by atoms with Gasteiger partial charge in [0, 0.05) is 0 Å². The van der Waals surface area contributed by atoms with Crippen LogP contribution in [0.2, 0.25) is 0 Å². The molecule has 0 aromatic carbocycles. The van der Waals surface area contributed by atoms with E-state index in [2.05, 4.69) is 0 Å². The number of carbonyl (C=O) groups is 1. The Morgan fingerprint density at radius 2 is 2.20 bits per heavy atom. The predicted molar refractivity (Wildman–Crippen MR) is 20.9 cm³/mol. The first-order valence-corrected chi connectivity index (χ1v) is 1.54. The third kappa shape index (κ3) is 3.70. The Labute approximate surface area is 31.6 Å². The molecule has 1 atom stereocenters. The summed E-state index contributed by atoms with van der Waals surface area (Å²) in [6.07, 6.45) is -1.03. The maximum atomic E-state index is 9.24. The summed E-state index contributed by atoms with van der Waals surface area (Å²) in [5.74, 6) is 0. The highest BCUT2D eigenvalue weighted by Crippen LogP contribution is 1.63. The van der Waals surface area contributed by atoms with E-state index in [-0.39, 0.29) is 0 Å². The van der Waals surface area contributed by atoms with Crippen LogP contribution in [0.3, 0.4) is 0 Å². The van der Waals surface area contributed by atoms with Gasteiger partial charge in [0.2, 0.25) is 0 Å². The fourth-order valence-corrected chi connectivity index (χ4v) is 0. The molecule has 0 radical (unpaired) electrons. The van der Waals surface area contributed by atoms with Gasteiger partial charge in [-0.25, -0.2) is 4.79 Å². The largest absolute Gasteiger partial charge is 0.465 e. The van der Waals surface area contributed by atoms with E-state index in [4.69, 9.17) is 5.11 Å². The summed E-state index contributed by atoms with van der Waals surface area (Å²) in [6.45, 7) is 0. The lowest BCUT2D eigenvalue weighted by Crippen LogP contribution is -2.05. The van der Waals surface area contributed by atoms with Gasteiger partial charge in [-0.15, -0.1) is 0 Å². The molecule has 1 unspecified atom stereocenters. The summed E-state index contributed by atoms with van der Waals surface area (Å²) in [7, 11) is 1.84. The van der Waals surface area contributed by atoms with E-state index in [0.29, 0.717) is 0 Å². The summed E-state index contributed by atoms with van der Waals surface area (Å²) >= 11 is 0. The van der Waals surface area contributed by atoms with Gasteiger partial charge in [0.1, 0.15) is 0 Å². The van der Waals surface area contributed by atoms with Crippen LogP contribution in [-0.4, -0.2) is 11.2 Å². The summed E-state index contributed by atoms with van der Waals surface area (Å²) < 4.78 is 0. The fourth-order valence-electron chi connectivity index (χ4n) is 0. The minimum atomic E-state index is -1.03. The van der Waals surface area contributed by atoms with Gasteiger partial charge in [-0.05, 0) is 9.39 Å². The van der Waals surface area contributed by atoms with Crippen LogP contribution in [0.25, 0.3) is 0 Å². The topological polar surface area (TPSA) is 49.3 Å². The molecule has 0 rings (SSSR count). The zero-order valence-corrected chi connectivity index (χ0v) is 3.59. The number of carboxylic acid groups (broad SMARTS) is 1. The Bertz CT molecular complexity index is 44.9. The molecule has 1 amide bonds. The first kappa shape index (κ1) is 4.70. The quantitative estimate of drug-likeness (QED) is 0.415. The van der Waals surface area contributed by atoms with Crippen molar-refractivity contribution in [2.75, 3.05) is 0 Å². The molecular weight excluding hydrogens is 89.0 g/mol. The first-order valence-electron chi connectivity index (χ1n) is 0.966. The van der Waals surface area contributed by atoms with Gasteiger partial charge in [-0.2, -0.15) is 0 Å². The van der Waals surface area contributed by atoms with Crippen LogP contribution < -0.4 is 5.09 Å². The average Bonchev–Trinajstić information content (AvgIpc) is 1.38. The maximum absolute atomic E-state index is 9.24. The van der Waals surface area contributed by atoms with Crippen LogP contribution in [0.4, 0.5) is 4.79 Å². The Balaban J connectivity index is 2.85. The van der Waals surface area contributed by atoms with E-state index in [0.717, 1.165) is 0 Å². The molecule has 0 aliphatic rings. The van der Waals surface area contributed by atoms with Gasteiger partial charge in [0.25, 0.3) is 0 Å². The second-order valence-electron chi connectivity index (χ2n) is 0.449. The van der Waals surface area contributed by atoms with Crippen molar-refractivity contribution in [1.82, 2.24) is 5.09 Å². The molecule has 0 heterocycles. The second kappa shape index (κ2) is 1.97. The number of rotatable bonds is 0. The van der Waals surface area contributed by atoms with E-state index in [9.17, 15) is 4.79 Å². The van der Waals surface area contributed by atoms with Crippen LogP contribution in [0.5, 0.6) is 0 Å². The monoisotopic (exact) mass is 93.0 g/mol. The summed E-state index contributed by atoms with van der Waals surface area (Å²) in [5, 5.41) is 9.45. The predicted octanol–water partition coefficient (Wildman–Crippen LogP) is 0.0441. The Morgan fingerprint density at radius 3 is 2.20 bits per heavy atom. The van der Waals surface area contributed by atoms with Gasteiger partial charge in [-0.3, -0.25) is 0 Å². The van der Waals surface area contributed by atoms with Crippen molar-refractivity contribution in [3.63, 3.8) is 0 Å². The zero-order valence-electron chi connectivity index (χ0n) is 2.43. The molecule has 0 bridgehead atoms. The van der Waals surface area contributed by atoms with Crippen LogP contribution in [0.1, 0.15) is 0 Å². The SMILES string of the molecule is O=C(O)NP. The van der Waals surface area contributed by atoms with Crippen molar-refractivity contribution < 1.29 is 9.90 Å². The van der Waals surface area contributed by atoms with Gasteiger partial charge < -0.3 is 10.2 Å². The molecule has 2 N–H and O–H groups in total.